The first-order valence-corrected chi connectivity index (χ1v) is 19.1. The van der Waals surface area contributed by atoms with Crippen molar-refractivity contribution >= 4 is 10.8 Å². The summed E-state index contributed by atoms with van der Waals surface area (Å²) < 4.78 is 6.55. The molecule has 1 aromatic heterocycles. The van der Waals surface area contributed by atoms with E-state index in [1.807, 2.05) is 19.1 Å². The Morgan fingerprint density at radius 2 is 1.07 bits per heavy atom. The quantitative estimate of drug-likeness (QED) is 0.132. The summed E-state index contributed by atoms with van der Waals surface area (Å²) in [5.41, 5.74) is 15.6. The van der Waals surface area contributed by atoms with Gasteiger partial charge in [-0.15, -0.1) is 0 Å². The van der Waals surface area contributed by atoms with Crippen molar-refractivity contribution in [3.05, 3.63) is 194 Å². The highest BCUT2D eigenvalue weighted by Gasteiger charge is 2.20. The summed E-state index contributed by atoms with van der Waals surface area (Å²) in [6.07, 6.45) is -0.0361. The van der Waals surface area contributed by atoms with E-state index in [-0.39, 0.29) is 6.10 Å². The molecule has 268 valence electrons. The lowest BCUT2D eigenvalue weighted by Gasteiger charge is -2.24. The minimum atomic E-state index is -0.0361. The molecule has 0 N–H and O–H groups in total. The highest BCUT2D eigenvalue weighted by molar-refractivity contribution is 6.06. The lowest BCUT2D eigenvalue weighted by Crippen LogP contribution is -2.24. The van der Waals surface area contributed by atoms with E-state index in [2.05, 4.69) is 191 Å². The zero-order chi connectivity index (χ0) is 37.9. The van der Waals surface area contributed by atoms with E-state index in [4.69, 9.17) is 9.72 Å². The third-order valence-corrected chi connectivity index (χ3v) is 10.5. The number of rotatable bonds is 10. The van der Waals surface area contributed by atoms with Crippen LogP contribution in [0.3, 0.4) is 0 Å². The lowest BCUT2D eigenvalue weighted by atomic mass is 9.85. The molecule has 0 amide bonds. The van der Waals surface area contributed by atoms with E-state index in [1.165, 1.54) is 33.0 Å². The summed E-state index contributed by atoms with van der Waals surface area (Å²) in [5, 5.41) is 2.43. The van der Waals surface area contributed by atoms with Crippen LogP contribution in [-0.2, 0) is 0 Å². The fourth-order valence-electron chi connectivity index (χ4n) is 7.79. The van der Waals surface area contributed by atoms with Crippen molar-refractivity contribution in [1.82, 2.24) is 4.98 Å². The Bertz CT molecular complexity index is 2560. The molecule has 0 aliphatic carbocycles. The number of hydrogen-bond acceptors (Lipinski definition) is 2. The molecule has 8 rings (SSSR count). The SMILES string of the molecule is C=C(C)C(Oc1cccc(-c2ccc(-c3c(-c4ccccc4-c4cc(-c5ccccc5)nc(-c5ccccc5)c4)ccc4ccccc34)cc2)c1C)C(C)C. The van der Waals surface area contributed by atoms with Crippen molar-refractivity contribution in [3.8, 4) is 72.8 Å². The van der Waals surface area contributed by atoms with Crippen LogP contribution in [0.4, 0.5) is 0 Å². The van der Waals surface area contributed by atoms with E-state index >= 15 is 0 Å². The van der Waals surface area contributed by atoms with E-state index < -0.39 is 0 Å². The lowest BCUT2D eigenvalue weighted by molar-refractivity contribution is 0.185. The van der Waals surface area contributed by atoms with Gasteiger partial charge in [-0.25, -0.2) is 4.98 Å². The summed E-state index contributed by atoms with van der Waals surface area (Å²) in [6.45, 7) is 12.8. The van der Waals surface area contributed by atoms with Crippen molar-refractivity contribution in [2.75, 3.05) is 0 Å². The van der Waals surface area contributed by atoms with Gasteiger partial charge < -0.3 is 4.74 Å². The van der Waals surface area contributed by atoms with Crippen LogP contribution in [0, 0.1) is 12.8 Å². The highest BCUT2D eigenvalue weighted by Crippen LogP contribution is 2.44. The van der Waals surface area contributed by atoms with E-state index in [9.17, 15) is 0 Å². The molecule has 0 radical (unpaired) electrons. The van der Waals surface area contributed by atoms with Crippen LogP contribution in [0.25, 0.3) is 77.8 Å². The van der Waals surface area contributed by atoms with Gasteiger partial charge in [-0.05, 0) is 104 Å². The molecule has 0 spiro atoms. The first-order valence-electron chi connectivity index (χ1n) is 19.1. The van der Waals surface area contributed by atoms with Gasteiger partial charge in [-0.3, -0.25) is 0 Å². The molecular formula is C53H45NO. The van der Waals surface area contributed by atoms with Crippen molar-refractivity contribution in [3.63, 3.8) is 0 Å². The fraction of sp³-hybridized carbons (Fsp3) is 0.113. The van der Waals surface area contributed by atoms with Gasteiger partial charge in [-0.1, -0.05) is 178 Å². The molecule has 0 saturated carbocycles. The van der Waals surface area contributed by atoms with Gasteiger partial charge >= 0.3 is 0 Å². The first kappa shape index (κ1) is 35.5. The zero-order valence-electron chi connectivity index (χ0n) is 32.0. The Balaban J connectivity index is 1.26. The third-order valence-electron chi connectivity index (χ3n) is 10.5. The second-order valence-electron chi connectivity index (χ2n) is 14.7. The maximum absolute atomic E-state index is 6.55. The van der Waals surface area contributed by atoms with Crippen LogP contribution in [0.15, 0.2) is 188 Å². The number of benzene rings is 7. The molecule has 0 aliphatic heterocycles. The normalized spacial score (nSPS) is 11.8. The van der Waals surface area contributed by atoms with Crippen LogP contribution in [-0.4, -0.2) is 11.1 Å². The smallest absolute Gasteiger partial charge is 0.123 e. The maximum Gasteiger partial charge on any atom is 0.123 e. The summed E-state index contributed by atoms with van der Waals surface area (Å²) in [7, 11) is 0. The van der Waals surface area contributed by atoms with Gasteiger partial charge in [0.05, 0.1) is 11.4 Å². The predicted molar refractivity (Wildman–Crippen MR) is 233 cm³/mol. The van der Waals surface area contributed by atoms with Crippen LogP contribution in [0.1, 0.15) is 26.3 Å². The second-order valence-corrected chi connectivity index (χ2v) is 14.7. The Labute approximate surface area is 325 Å². The molecule has 2 nitrogen and oxygen atoms in total. The summed E-state index contributed by atoms with van der Waals surface area (Å²) in [6, 6.07) is 62.8. The Morgan fingerprint density at radius 3 is 1.71 bits per heavy atom. The highest BCUT2D eigenvalue weighted by atomic mass is 16.5. The van der Waals surface area contributed by atoms with E-state index in [1.54, 1.807) is 0 Å². The summed E-state index contributed by atoms with van der Waals surface area (Å²) in [5.74, 6) is 1.23. The molecule has 0 saturated heterocycles. The third kappa shape index (κ3) is 7.24. The maximum atomic E-state index is 6.55. The van der Waals surface area contributed by atoms with Crippen LogP contribution >= 0.6 is 0 Å². The number of nitrogens with zero attached hydrogens (tertiary/aromatic N) is 1. The van der Waals surface area contributed by atoms with Gasteiger partial charge in [0.1, 0.15) is 11.9 Å². The minimum absolute atomic E-state index is 0.0361. The molecule has 1 unspecified atom stereocenters. The molecule has 8 aromatic rings. The Hall–Kier alpha value is -6.51. The van der Waals surface area contributed by atoms with Crippen LogP contribution < -0.4 is 4.74 Å². The van der Waals surface area contributed by atoms with Crippen molar-refractivity contribution in [2.24, 2.45) is 5.92 Å². The summed E-state index contributed by atoms with van der Waals surface area (Å²) >= 11 is 0. The molecule has 0 bridgehead atoms. The number of ether oxygens (including phenoxy) is 1. The number of pyridine rings is 1. The monoisotopic (exact) mass is 711 g/mol. The van der Waals surface area contributed by atoms with E-state index in [0.29, 0.717) is 5.92 Å². The number of hydrogen-bond donors (Lipinski definition) is 0. The molecule has 55 heavy (non-hydrogen) atoms. The fourth-order valence-corrected chi connectivity index (χ4v) is 7.79. The molecular weight excluding hydrogens is 667 g/mol. The molecule has 1 atom stereocenters. The van der Waals surface area contributed by atoms with Crippen molar-refractivity contribution < 1.29 is 4.74 Å². The summed E-state index contributed by atoms with van der Waals surface area (Å²) in [4.78, 5) is 5.17. The van der Waals surface area contributed by atoms with E-state index in [0.717, 1.165) is 61.7 Å². The molecule has 1 heterocycles. The van der Waals surface area contributed by atoms with Crippen molar-refractivity contribution in [2.45, 2.75) is 33.8 Å². The molecule has 0 fully saturated rings. The Kier molecular flexibility index (Phi) is 9.98. The second kappa shape index (κ2) is 15.5. The standard InChI is InChI=1S/C53H45NO/c1-35(2)53(36(3)4)55-51-26-16-25-44(37(51)5)39-27-29-42(30-28-39)52-46-23-13-12-17-38(46)31-32-48(52)47-24-15-14-22-45(47)43-33-49(40-18-8-6-9-19-40)54-50(34-43)41-20-10-7-11-21-41/h6-34,36,53H,1H2,2-5H3. The molecule has 0 aliphatic rings. The van der Waals surface area contributed by atoms with Gasteiger partial charge in [0.25, 0.3) is 0 Å². The average molecular weight is 712 g/mol. The number of aromatic nitrogens is 1. The Morgan fingerprint density at radius 1 is 0.509 bits per heavy atom. The average Bonchev–Trinajstić information content (AvgIpc) is 3.23. The van der Waals surface area contributed by atoms with Crippen LogP contribution in [0.2, 0.25) is 0 Å². The first-order chi connectivity index (χ1) is 26.9. The van der Waals surface area contributed by atoms with Gasteiger partial charge in [0, 0.05) is 11.1 Å². The predicted octanol–water partition coefficient (Wildman–Crippen LogP) is 14.5. The molecule has 2 heteroatoms. The largest absolute Gasteiger partial charge is 0.486 e. The van der Waals surface area contributed by atoms with Gasteiger partial charge in [-0.2, -0.15) is 0 Å². The number of fused-ring (bicyclic) bond motifs is 1. The van der Waals surface area contributed by atoms with Gasteiger partial charge in [0.15, 0.2) is 0 Å². The van der Waals surface area contributed by atoms with Crippen molar-refractivity contribution in [1.29, 1.82) is 0 Å². The zero-order valence-corrected chi connectivity index (χ0v) is 32.0. The van der Waals surface area contributed by atoms with Gasteiger partial charge in [0.2, 0.25) is 0 Å². The molecule has 7 aromatic carbocycles. The van der Waals surface area contributed by atoms with Crippen LogP contribution in [0.5, 0.6) is 5.75 Å². The topological polar surface area (TPSA) is 22.1 Å². The minimum Gasteiger partial charge on any atom is -0.486 e.